The molecular weight excluding hydrogens is 172 g/mol. The lowest BCUT2D eigenvalue weighted by molar-refractivity contribution is -0.130. The van der Waals surface area contributed by atoms with E-state index in [1.54, 1.807) is 21.0 Å². The van der Waals surface area contributed by atoms with E-state index in [2.05, 4.69) is 5.32 Å². The summed E-state index contributed by atoms with van der Waals surface area (Å²) in [6, 6.07) is -0.337. The molecule has 1 amide bonds. The highest BCUT2D eigenvalue weighted by Gasteiger charge is 2.14. The Balaban J connectivity index is 3.74. The van der Waals surface area contributed by atoms with Gasteiger partial charge in [-0.1, -0.05) is 0 Å². The zero-order valence-electron chi connectivity index (χ0n) is 8.32. The van der Waals surface area contributed by atoms with Gasteiger partial charge in [-0.15, -0.1) is 0 Å². The van der Waals surface area contributed by atoms with E-state index in [4.69, 9.17) is 10.2 Å². The summed E-state index contributed by atoms with van der Waals surface area (Å²) in [4.78, 5) is 12.7. The van der Waals surface area contributed by atoms with Crippen LogP contribution in [0.1, 0.15) is 6.92 Å². The van der Waals surface area contributed by atoms with Gasteiger partial charge in [0.25, 0.3) is 0 Å². The molecule has 2 unspecified atom stereocenters. The molecule has 0 aromatic rings. The number of amides is 1. The van der Waals surface area contributed by atoms with Crippen molar-refractivity contribution in [1.82, 2.24) is 10.2 Å². The first-order chi connectivity index (χ1) is 5.99. The third kappa shape index (κ3) is 4.82. The Kier molecular flexibility index (Phi) is 5.61. The second-order valence-corrected chi connectivity index (χ2v) is 3.20. The first kappa shape index (κ1) is 12.3. The Morgan fingerprint density at radius 3 is 2.46 bits per heavy atom. The Hall–Kier alpha value is -0.650. The van der Waals surface area contributed by atoms with Crippen molar-refractivity contribution in [3.63, 3.8) is 0 Å². The van der Waals surface area contributed by atoms with Gasteiger partial charge in [0.15, 0.2) is 0 Å². The fraction of sp³-hybridized carbons (Fsp3) is 0.875. The van der Waals surface area contributed by atoms with Gasteiger partial charge in [-0.25, -0.2) is 0 Å². The molecule has 0 saturated heterocycles. The number of aliphatic hydroxyl groups excluding tert-OH is 2. The lowest BCUT2D eigenvalue weighted by Gasteiger charge is -2.19. The van der Waals surface area contributed by atoms with Crippen molar-refractivity contribution in [3.05, 3.63) is 0 Å². The first-order valence-electron chi connectivity index (χ1n) is 4.22. The number of carbonyl (C=O) groups is 1. The molecule has 5 nitrogen and oxygen atoms in total. The van der Waals surface area contributed by atoms with E-state index in [1.807, 2.05) is 0 Å². The van der Waals surface area contributed by atoms with E-state index in [0.29, 0.717) is 0 Å². The molecule has 0 aliphatic heterocycles. The summed E-state index contributed by atoms with van der Waals surface area (Å²) in [5.41, 5.74) is 0. The van der Waals surface area contributed by atoms with Gasteiger partial charge in [0, 0.05) is 20.6 Å². The van der Waals surface area contributed by atoms with E-state index >= 15 is 0 Å². The van der Waals surface area contributed by atoms with Crippen LogP contribution in [-0.2, 0) is 4.79 Å². The van der Waals surface area contributed by atoms with Crippen molar-refractivity contribution in [2.24, 2.45) is 0 Å². The fourth-order valence-electron chi connectivity index (χ4n) is 0.852. The van der Waals surface area contributed by atoms with Crippen LogP contribution < -0.4 is 5.32 Å². The molecule has 0 rings (SSSR count). The SMILES string of the molecule is CC(NCC(O)CO)C(=O)N(C)C. The number of hydrogen-bond acceptors (Lipinski definition) is 4. The molecular formula is C8H18N2O3. The molecule has 0 aromatic heterocycles. The smallest absolute Gasteiger partial charge is 0.238 e. The van der Waals surface area contributed by atoms with Gasteiger partial charge in [0.05, 0.1) is 18.8 Å². The molecule has 3 N–H and O–H groups in total. The Morgan fingerprint density at radius 1 is 1.54 bits per heavy atom. The quantitative estimate of drug-likeness (QED) is 0.488. The molecule has 5 heteroatoms. The van der Waals surface area contributed by atoms with Gasteiger partial charge < -0.3 is 20.4 Å². The van der Waals surface area contributed by atoms with Crippen molar-refractivity contribution < 1.29 is 15.0 Å². The summed E-state index contributed by atoms with van der Waals surface area (Å²) in [7, 11) is 3.34. The lowest BCUT2D eigenvalue weighted by Crippen LogP contribution is -2.44. The number of nitrogens with zero attached hydrogens (tertiary/aromatic N) is 1. The van der Waals surface area contributed by atoms with Crippen LogP contribution in [0.15, 0.2) is 0 Å². The summed E-state index contributed by atoms with van der Waals surface area (Å²) in [5, 5.41) is 20.3. The van der Waals surface area contributed by atoms with Gasteiger partial charge in [-0.2, -0.15) is 0 Å². The third-order valence-electron chi connectivity index (χ3n) is 1.68. The predicted octanol–water partition coefficient (Wildman–Crippen LogP) is -1.59. The van der Waals surface area contributed by atoms with Crippen LogP contribution >= 0.6 is 0 Å². The minimum atomic E-state index is -0.808. The van der Waals surface area contributed by atoms with Crippen LogP contribution in [0.4, 0.5) is 0 Å². The number of hydrogen-bond donors (Lipinski definition) is 3. The average molecular weight is 190 g/mol. The van der Waals surface area contributed by atoms with Crippen LogP contribution in [0.5, 0.6) is 0 Å². The number of nitrogens with one attached hydrogen (secondary N) is 1. The highest BCUT2D eigenvalue weighted by molar-refractivity contribution is 5.80. The zero-order valence-corrected chi connectivity index (χ0v) is 8.32. The molecule has 0 bridgehead atoms. The molecule has 0 fully saturated rings. The maximum atomic E-state index is 11.3. The second-order valence-electron chi connectivity index (χ2n) is 3.20. The molecule has 0 aliphatic carbocycles. The second kappa shape index (κ2) is 5.90. The molecule has 0 spiro atoms. The summed E-state index contributed by atoms with van der Waals surface area (Å²) in [6.45, 7) is 1.64. The maximum absolute atomic E-state index is 11.3. The normalized spacial score (nSPS) is 15.2. The van der Waals surface area contributed by atoms with E-state index in [0.717, 1.165) is 0 Å². The van der Waals surface area contributed by atoms with Crippen molar-refractivity contribution >= 4 is 5.91 Å². The average Bonchev–Trinajstić information content (AvgIpc) is 2.11. The molecule has 0 heterocycles. The van der Waals surface area contributed by atoms with Crippen LogP contribution in [0.2, 0.25) is 0 Å². The molecule has 0 radical (unpaired) electrons. The fourth-order valence-corrected chi connectivity index (χ4v) is 0.852. The van der Waals surface area contributed by atoms with Crippen LogP contribution in [0.3, 0.4) is 0 Å². The zero-order chi connectivity index (χ0) is 10.4. The van der Waals surface area contributed by atoms with Gasteiger partial charge in [0.1, 0.15) is 0 Å². The van der Waals surface area contributed by atoms with Crippen molar-refractivity contribution in [3.8, 4) is 0 Å². The minimum Gasteiger partial charge on any atom is -0.394 e. The third-order valence-corrected chi connectivity index (χ3v) is 1.68. The van der Waals surface area contributed by atoms with Crippen molar-refractivity contribution in [2.45, 2.75) is 19.1 Å². The van der Waals surface area contributed by atoms with Gasteiger partial charge in [-0.3, -0.25) is 4.79 Å². The van der Waals surface area contributed by atoms with Crippen molar-refractivity contribution in [2.75, 3.05) is 27.2 Å². The summed E-state index contributed by atoms with van der Waals surface area (Å²) in [5.74, 6) is -0.0508. The van der Waals surface area contributed by atoms with E-state index in [9.17, 15) is 4.79 Å². The van der Waals surface area contributed by atoms with Gasteiger partial charge in [0.2, 0.25) is 5.91 Å². The molecule has 0 aliphatic rings. The number of aliphatic hydroxyl groups is 2. The summed E-state index contributed by atoms with van der Waals surface area (Å²) >= 11 is 0. The Bertz CT molecular complexity index is 161. The number of likely N-dealkylation sites (N-methyl/N-ethyl adjacent to an activating group) is 1. The van der Waals surface area contributed by atoms with Crippen LogP contribution in [0, 0.1) is 0 Å². The molecule has 2 atom stereocenters. The summed E-state index contributed by atoms with van der Waals surface area (Å²) < 4.78 is 0. The highest BCUT2D eigenvalue weighted by Crippen LogP contribution is 1.89. The molecule has 0 aromatic carbocycles. The van der Waals surface area contributed by atoms with Crippen molar-refractivity contribution in [1.29, 1.82) is 0 Å². The summed E-state index contributed by atoms with van der Waals surface area (Å²) in [6.07, 6.45) is -0.808. The van der Waals surface area contributed by atoms with Crippen LogP contribution in [-0.4, -0.2) is 60.4 Å². The number of rotatable bonds is 5. The van der Waals surface area contributed by atoms with Crippen LogP contribution in [0.25, 0.3) is 0 Å². The van der Waals surface area contributed by atoms with Gasteiger partial charge >= 0.3 is 0 Å². The maximum Gasteiger partial charge on any atom is 0.238 e. The molecule has 78 valence electrons. The Labute approximate surface area is 78.4 Å². The predicted molar refractivity (Wildman–Crippen MR) is 49.3 cm³/mol. The van der Waals surface area contributed by atoms with E-state index in [-0.39, 0.29) is 25.1 Å². The Morgan fingerprint density at radius 2 is 2.08 bits per heavy atom. The topological polar surface area (TPSA) is 72.8 Å². The lowest BCUT2D eigenvalue weighted by atomic mass is 10.2. The standard InChI is InChI=1S/C8H18N2O3/c1-6(8(13)10(2)3)9-4-7(12)5-11/h6-7,9,11-12H,4-5H2,1-3H3. The first-order valence-corrected chi connectivity index (χ1v) is 4.22. The van der Waals surface area contributed by atoms with E-state index in [1.165, 1.54) is 4.90 Å². The molecule has 0 saturated carbocycles. The highest BCUT2D eigenvalue weighted by atomic mass is 16.3. The van der Waals surface area contributed by atoms with Gasteiger partial charge in [-0.05, 0) is 6.92 Å². The largest absolute Gasteiger partial charge is 0.394 e. The number of carbonyl (C=O) groups excluding carboxylic acids is 1. The molecule has 13 heavy (non-hydrogen) atoms. The minimum absolute atomic E-state index is 0.0508. The van der Waals surface area contributed by atoms with E-state index < -0.39 is 6.10 Å². The monoisotopic (exact) mass is 190 g/mol.